The van der Waals surface area contributed by atoms with E-state index in [4.69, 9.17) is 16.3 Å². The zero-order chi connectivity index (χ0) is 15.5. The average Bonchev–Trinajstić information content (AvgIpc) is 2.76. The number of ketones is 1. The van der Waals surface area contributed by atoms with Gasteiger partial charge in [-0.15, -0.1) is 0 Å². The molecule has 1 heterocycles. The lowest BCUT2D eigenvalue weighted by Crippen LogP contribution is -2.44. The fourth-order valence-corrected chi connectivity index (χ4v) is 3.59. The third-order valence-corrected chi connectivity index (χ3v) is 4.86. The van der Waals surface area contributed by atoms with Crippen molar-refractivity contribution in [3.63, 3.8) is 0 Å². The van der Waals surface area contributed by atoms with E-state index in [0.717, 1.165) is 43.5 Å². The fourth-order valence-electron chi connectivity index (χ4n) is 3.23. The molecule has 21 heavy (non-hydrogen) atoms. The molecule has 1 aliphatic carbocycles. The Morgan fingerprint density at radius 3 is 2.52 bits per heavy atom. The first-order chi connectivity index (χ1) is 10.0. The van der Waals surface area contributed by atoms with Gasteiger partial charge in [0.05, 0.1) is 22.8 Å². The van der Waals surface area contributed by atoms with Crippen molar-refractivity contribution in [2.24, 2.45) is 7.05 Å². The van der Waals surface area contributed by atoms with E-state index in [9.17, 15) is 4.79 Å². The molecule has 1 saturated carbocycles. The van der Waals surface area contributed by atoms with Gasteiger partial charge in [-0.05, 0) is 26.2 Å². The van der Waals surface area contributed by atoms with Crippen molar-refractivity contribution in [1.29, 1.82) is 0 Å². The van der Waals surface area contributed by atoms with E-state index in [1.54, 1.807) is 4.68 Å². The molecule has 0 N–H and O–H groups in total. The highest BCUT2D eigenvalue weighted by Crippen LogP contribution is 2.34. The first kappa shape index (κ1) is 16.5. The largest absolute Gasteiger partial charge is 0.367 e. The number of hydrogen-bond donors (Lipinski definition) is 0. The number of Topliss-reactive ketones (excluding diaryl/α,β-unsaturated/α-hetero) is 1. The Morgan fingerprint density at radius 2 is 2.00 bits per heavy atom. The summed E-state index contributed by atoms with van der Waals surface area (Å²) in [5.41, 5.74) is 1.06. The molecule has 0 aliphatic heterocycles. The van der Waals surface area contributed by atoms with E-state index in [0.29, 0.717) is 18.1 Å². The maximum absolute atomic E-state index is 12.9. The van der Waals surface area contributed by atoms with Crippen LogP contribution in [0.1, 0.15) is 57.3 Å². The van der Waals surface area contributed by atoms with Gasteiger partial charge < -0.3 is 4.74 Å². The monoisotopic (exact) mass is 312 g/mol. The summed E-state index contributed by atoms with van der Waals surface area (Å²) in [6.07, 6.45) is 6.05. The van der Waals surface area contributed by atoms with Gasteiger partial charge in [-0.1, -0.05) is 37.8 Å². The number of aromatic nitrogens is 2. The minimum Gasteiger partial charge on any atom is -0.367 e. The zero-order valence-corrected chi connectivity index (χ0v) is 14.0. The van der Waals surface area contributed by atoms with Crippen LogP contribution in [0, 0.1) is 0 Å². The van der Waals surface area contributed by atoms with Crippen LogP contribution in [0.15, 0.2) is 0 Å². The third kappa shape index (κ3) is 3.32. The van der Waals surface area contributed by atoms with Gasteiger partial charge >= 0.3 is 0 Å². The molecule has 1 fully saturated rings. The van der Waals surface area contributed by atoms with Gasteiger partial charge in [-0.3, -0.25) is 9.48 Å². The van der Waals surface area contributed by atoms with Crippen molar-refractivity contribution in [1.82, 2.24) is 9.78 Å². The zero-order valence-electron chi connectivity index (χ0n) is 13.2. The van der Waals surface area contributed by atoms with E-state index in [2.05, 4.69) is 5.10 Å². The molecule has 118 valence electrons. The van der Waals surface area contributed by atoms with Gasteiger partial charge in [-0.25, -0.2) is 0 Å². The molecular weight excluding hydrogens is 288 g/mol. The van der Waals surface area contributed by atoms with Crippen LogP contribution in [0.4, 0.5) is 0 Å². The molecule has 0 aromatic carbocycles. The Balaban J connectivity index is 2.21. The lowest BCUT2D eigenvalue weighted by molar-refractivity contribution is -0.148. The Bertz CT molecular complexity index is 499. The topological polar surface area (TPSA) is 44.1 Å². The van der Waals surface area contributed by atoms with Crippen molar-refractivity contribution >= 4 is 17.4 Å². The summed E-state index contributed by atoms with van der Waals surface area (Å²) >= 11 is 6.36. The highest BCUT2D eigenvalue weighted by molar-refractivity contribution is 6.32. The Morgan fingerprint density at radius 1 is 1.33 bits per heavy atom. The first-order valence-corrected chi connectivity index (χ1v) is 8.29. The average molecular weight is 313 g/mol. The van der Waals surface area contributed by atoms with Crippen LogP contribution in [0.25, 0.3) is 0 Å². The molecule has 0 bridgehead atoms. The number of ether oxygens (including phenoxy) is 1. The summed E-state index contributed by atoms with van der Waals surface area (Å²) in [6, 6.07) is 0. The van der Waals surface area contributed by atoms with Gasteiger partial charge in [0.25, 0.3) is 0 Å². The Labute approximate surface area is 131 Å². The third-order valence-electron chi connectivity index (χ3n) is 4.42. The highest BCUT2D eigenvalue weighted by atomic mass is 35.5. The Hall–Kier alpha value is -0.870. The second kappa shape index (κ2) is 6.93. The van der Waals surface area contributed by atoms with Gasteiger partial charge in [0.2, 0.25) is 0 Å². The molecule has 0 saturated heterocycles. The molecule has 0 radical (unpaired) electrons. The van der Waals surface area contributed by atoms with E-state index < -0.39 is 5.60 Å². The molecule has 1 aromatic rings. The number of hydrogen-bond acceptors (Lipinski definition) is 3. The molecule has 2 rings (SSSR count). The predicted molar refractivity (Wildman–Crippen MR) is 83.7 cm³/mol. The SMILES string of the molecule is CCOC1(C(=O)Cc2c(Cl)c(CC)nn2C)CCCCC1. The maximum atomic E-state index is 12.9. The van der Waals surface area contributed by atoms with Crippen molar-refractivity contribution in [3.05, 3.63) is 16.4 Å². The van der Waals surface area contributed by atoms with Crippen LogP contribution in [0.5, 0.6) is 0 Å². The predicted octanol–water partition coefficient (Wildman–Crippen LogP) is 3.49. The van der Waals surface area contributed by atoms with E-state index in [1.807, 2.05) is 20.9 Å². The second-order valence-corrected chi connectivity index (χ2v) is 6.15. The number of carbonyl (C=O) groups is 1. The molecule has 0 amide bonds. The second-order valence-electron chi connectivity index (χ2n) is 5.77. The van der Waals surface area contributed by atoms with Gasteiger partial charge in [0.15, 0.2) is 5.78 Å². The van der Waals surface area contributed by atoms with E-state index in [1.165, 1.54) is 6.42 Å². The van der Waals surface area contributed by atoms with E-state index >= 15 is 0 Å². The quantitative estimate of drug-likeness (QED) is 0.807. The minimum absolute atomic E-state index is 0.150. The molecule has 1 aliphatic rings. The molecular formula is C16H25ClN2O2. The van der Waals surface area contributed by atoms with Crippen molar-refractivity contribution in [3.8, 4) is 0 Å². The van der Waals surface area contributed by atoms with Crippen molar-refractivity contribution in [2.45, 2.75) is 64.4 Å². The van der Waals surface area contributed by atoms with Crippen LogP contribution >= 0.6 is 11.6 Å². The van der Waals surface area contributed by atoms with Crippen molar-refractivity contribution < 1.29 is 9.53 Å². The molecule has 1 aromatic heterocycles. The molecule has 0 atom stereocenters. The van der Waals surface area contributed by atoms with Crippen LogP contribution in [0.2, 0.25) is 5.02 Å². The first-order valence-electron chi connectivity index (χ1n) is 7.91. The Kier molecular flexibility index (Phi) is 5.44. The van der Waals surface area contributed by atoms with Crippen molar-refractivity contribution in [2.75, 3.05) is 6.61 Å². The lowest BCUT2D eigenvalue weighted by atomic mass is 9.80. The summed E-state index contributed by atoms with van der Waals surface area (Å²) < 4.78 is 7.63. The maximum Gasteiger partial charge on any atom is 0.170 e. The molecule has 0 spiro atoms. The van der Waals surface area contributed by atoms with Gasteiger partial charge in [-0.2, -0.15) is 5.10 Å². The standard InChI is InChI=1S/C16H25ClN2O2/c1-4-12-15(17)13(19(3)18-12)11-14(20)16(21-5-2)9-7-6-8-10-16/h4-11H2,1-3H3. The summed E-state index contributed by atoms with van der Waals surface area (Å²) in [6.45, 7) is 4.55. The number of nitrogens with zero attached hydrogens (tertiary/aromatic N) is 2. The minimum atomic E-state index is -0.604. The molecule has 0 unspecified atom stereocenters. The van der Waals surface area contributed by atoms with Crippen LogP contribution < -0.4 is 0 Å². The number of halogens is 1. The molecule has 4 nitrogen and oxygen atoms in total. The number of carbonyl (C=O) groups excluding carboxylic acids is 1. The van der Waals surface area contributed by atoms with E-state index in [-0.39, 0.29) is 5.78 Å². The summed E-state index contributed by atoms with van der Waals surface area (Å²) in [4.78, 5) is 12.9. The summed E-state index contributed by atoms with van der Waals surface area (Å²) in [7, 11) is 1.85. The fraction of sp³-hybridized carbons (Fsp3) is 0.750. The normalized spacial score (nSPS) is 17.9. The van der Waals surface area contributed by atoms with Crippen LogP contribution in [-0.2, 0) is 29.4 Å². The smallest absolute Gasteiger partial charge is 0.170 e. The summed E-state index contributed by atoms with van der Waals surface area (Å²) in [5.74, 6) is 0.150. The number of rotatable bonds is 6. The highest BCUT2D eigenvalue weighted by Gasteiger charge is 2.40. The van der Waals surface area contributed by atoms with Gasteiger partial charge in [0.1, 0.15) is 5.60 Å². The van der Waals surface area contributed by atoms with Gasteiger partial charge in [0, 0.05) is 13.7 Å². The lowest BCUT2D eigenvalue weighted by Gasteiger charge is -2.35. The molecule has 5 heteroatoms. The van der Waals surface area contributed by atoms with Crippen LogP contribution in [0.3, 0.4) is 0 Å². The summed E-state index contributed by atoms with van der Waals surface area (Å²) in [5, 5.41) is 5.02. The van der Waals surface area contributed by atoms with Crippen LogP contribution in [-0.4, -0.2) is 27.8 Å². The number of aryl methyl sites for hydroxylation is 2.